The minimum atomic E-state index is -4.43. The number of nitrogens with zero attached hydrogens (tertiary/aromatic N) is 3. The first-order valence-corrected chi connectivity index (χ1v) is 6.45. The number of rotatable bonds is 2. The summed E-state index contributed by atoms with van der Waals surface area (Å²) in [4.78, 5) is 0. The summed E-state index contributed by atoms with van der Waals surface area (Å²) in [6, 6.07) is 4.69. The Morgan fingerprint density at radius 3 is 2.57 bits per heavy atom. The fourth-order valence-corrected chi connectivity index (χ4v) is 2.05. The van der Waals surface area contributed by atoms with Gasteiger partial charge in [0.15, 0.2) is 0 Å². The van der Waals surface area contributed by atoms with Gasteiger partial charge < -0.3 is 4.42 Å². The summed E-state index contributed by atoms with van der Waals surface area (Å²) in [7, 11) is 0. The Kier molecular flexibility index (Phi) is 3.28. The average Bonchev–Trinajstić information content (AvgIpc) is 3.06. The summed E-state index contributed by atoms with van der Waals surface area (Å²) < 4.78 is 44.0. The first kappa shape index (κ1) is 13.8. The van der Waals surface area contributed by atoms with Gasteiger partial charge in [0.25, 0.3) is 5.89 Å². The Hall–Kier alpha value is -2.16. The number of halogens is 4. The lowest BCUT2D eigenvalue weighted by Gasteiger charge is -2.06. The maximum atomic E-state index is 12.7. The van der Waals surface area contributed by atoms with Gasteiger partial charge in [0.2, 0.25) is 5.89 Å². The van der Waals surface area contributed by atoms with E-state index in [1.807, 2.05) is 0 Å². The van der Waals surface area contributed by atoms with Crippen LogP contribution in [0.1, 0.15) is 5.56 Å². The number of H-pyrrole nitrogens is 1. The Morgan fingerprint density at radius 2 is 1.90 bits per heavy atom. The van der Waals surface area contributed by atoms with Crippen molar-refractivity contribution in [1.29, 1.82) is 0 Å². The van der Waals surface area contributed by atoms with Crippen LogP contribution in [0.25, 0.3) is 23.0 Å². The monoisotopic (exact) mass is 358 g/mol. The molecule has 0 atom stereocenters. The molecule has 0 amide bonds. The van der Waals surface area contributed by atoms with Crippen molar-refractivity contribution in [2.75, 3.05) is 0 Å². The van der Waals surface area contributed by atoms with Crippen LogP contribution in [-0.4, -0.2) is 20.4 Å². The quantitative estimate of drug-likeness (QED) is 0.754. The fraction of sp³-hybridized carbons (Fsp3) is 0.0833. The summed E-state index contributed by atoms with van der Waals surface area (Å²) >= 11 is 3.24. The van der Waals surface area contributed by atoms with Crippen molar-refractivity contribution in [3.05, 3.63) is 40.5 Å². The maximum absolute atomic E-state index is 12.7. The van der Waals surface area contributed by atoms with Gasteiger partial charge in [-0.2, -0.15) is 18.3 Å². The third-order valence-electron chi connectivity index (χ3n) is 2.67. The molecule has 3 aromatic rings. The van der Waals surface area contributed by atoms with E-state index < -0.39 is 11.7 Å². The van der Waals surface area contributed by atoms with Gasteiger partial charge in [-0.1, -0.05) is 6.07 Å². The summed E-state index contributed by atoms with van der Waals surface area (Å²) in [5, 5.41) is 14.0. The minimum absolute atomic E-state index is 0.00222. The van der Waals surface area contributed by atoms with E-state index in [-0.39, 0.29) is 17.3 Å². The van der Waals surface area contributed by atoms with Crippen molar-refractivity contribution >= 4 is 15.9 Å². The average molecular weight is 359 g/mol. The molecule has 0 saturated heterocycles. The van der Waals surface area contributed by atoms with Crippen LogP contribution in [0.4, 0.5) is 13.2 Å². The number of nitrogens with one attached hydrogen (secondary N) is 1. The molecular formula is C12H6BrF3N4O. The van der Waals surface area contributed by atoms with E-state index in [9.17, 15) is 13.2 Å². The summed E-state index contributed by atoms with van der Waals surface area (Å²) in [6.45, 7) is 0. The molecular weight excluding hydrogens is 353 g/mol. The van der Waals surface area contributed by atoms with Gasteiger partial charge >= 0.3 is 6.18 Å². The van der Waals surface area contributed by atoms with Crippen LogP contribution in [0.3, 0.4) is 0 Å². The van der Waals surface area contributed by atoms with Crippen LogP contribution in [-0.2, 0) is 6.18 Å². The number of hydrogen-bond acceptors (Lipinski definition) is 4. The van der Waals surface area contributed by atoms with Crippen LogP contribution in [0, 0.1) is 0 Å². The molecule has 0 aliphatic rings. The lowest BCUT2D eigenvalue weighted by Crippen LogP contribution is -2.04. The van der Waals surface area contributed by atoms with Gasteiger partial charge in [-0.15, -0.1) is 10.2 Å². The molecule has 5 nitrogen and oxygen atoms in total. The predicted octanol–water partition coefficient (Wildman–Crippen LogP) is 3.91. The van der Waals surface area contributed by atoms with Crippen molar-refractivity contribution in [3.8, 4) is 23.0 Å². The summed E-state index contributed by atoms with van der Waals surface area (Å²) in [6.07, 6.45) is -2.92. The molecule has 0 aliphatic heterocycles. The Bertz CT molecular complexity index is 781. The molecule has 2 heterocycles. The van der Waals surface area contributed by atoms with Gasteiger partial charge in [-0.25, -0.2) is 0 Å². The molecule has 21 heavy (non-hydrogen) atoms. The second kappa shape index (κ2) is 4.99. The smallest absolute Gasteiger partial charge is 0.415 e. The lowest BCUT2D eigenvalue weighted by molar-refractivity contribution is -0.137. The molecule has 3 rings (SSSR count). The Balaban J connectivity index is 1.99. The van der Waals surface area contributed by atoms with E-state index in [1.165, 1.54) is 18.3 Å². The number of hydrogen-bond donors (Lipinski definition) is 1. The second-order valence-electron chi connectivity index (χ2n) is 4.08. The van der Waals surface area contributed by atoms with E-state index in [1.54, 1.807) is 0 Å². The molecule has 0 aliphatic carbocycles. The molecule has 9 heteroatoms. The highest BCUT2D eigenvalue weighted by Gasteiger charge is 2.30. The van der Waals surface area contributed by atoms with Gasteiger partial charge in [0, 0.05) is 5.56 Å². The molecule has 1 N–H and O–H groups in total. The van der Waals surface area contributed by atoms with Crippen molar-refractivity contribution < 1.29 is 17.6 Å². The third-order valence-corrected chi connectivity index (χ3v) is 3.27. The minimum Gasteiger partial charge on any atom is -0.415 e. The molecule has 0 bridgehead atoms. The number of alkyl halides is 3. The van der Waals surface area contributed by atoms with Gasteiger partial charge in [0.05, 0.1) is 16.2 Å². The Labute approximate surface area is 124 Å². The molecule has 0 fully saturated rings. The first-order chi connectivity index (χ1) is 9.95. The fourth-order valence-electron chi connectivity index (χ4n) is 1.69. The molecule has 108 valence electrons. The number of aromatic nitrogens is 4. The van der Waals surface area contributed by atoms with Crippen LogP contribution < -0.4 is 0 Å². The highest BCUT2D eigenvalue weighted by Crippen LogP contribution is 2.33. The van der Waals surface area contributed by atoms with E-state index in [4.69, 9.17) is 4.42 Å². The molecule has 0 unspecified atom stereocenters. The van der Waals surface area contributed by atoms with Gasteiger partial charge in [-0.3, -0.25) is 5.10 Å². The lowest BCUT2D eigenvalue weighted by atomic mass is 10.1. The van der Waals surface area contributed by atoms with Crippen molar-refractivity contribution in [2.45, 2.75) is 6.18 Å². The highest BCUT2D eigenvalue weighted by atomic mass is 79.9. The second-order valence-corrected chi connectivity index (χ2v) is 4.94. The zero-order chi connectivity index (χ0) is 15.0. The van der Waals surface area contributed by atoms with Crippen molar-refractivity contribution in [1.82, 2.24) is 20.4 Å². The zero-order valence-electron chi connectivity index (χ0n) is 10.1. The van der Waals surface area contributed by atoms with Crippen LogP contribution >= 0.6 is 15.9 Å². The van der Waals surface area contributed by atoms with Crippen LogP contribution in [0.15, 0.2) is 39.4 Å². The van der Waals surface area contributed by atoms with Crippen LogP contribution in [0.2, 0.25) is 0 Å². The maximum Gasteiger partial charge on any atom is 0.416 e. The van der Waals surface area contributed by atoms with Crippen molar-refractivity contribution in [3.63, 3.8) is 0 Å². The topological polar surface area (TPSA) is 67.6 Å². The molecule has 0 spiro atoms. The van der Waals surface area contributed by atoms with E-state index in [0.29, 0.717) is 10.2 Å². The molecule has 0 saturated carbocycles. The zero-order valence-corrected chi connectivity index (χ0v) is 11.7. The standard InChI is InChI=1S/C12H6BrF3N4O/c13-8-5-17-18-9(8)11-20-19-10(21-11)6-2-1-3-7(4-6)12(14,15)16/h1-5H,(H,17,18). The van der Waals surface area contributed by atoms with E-state index >= 15 is 0 Å². The van der Waals surface area contributed by atoms with Gasteiger partial charge in [0.1, 0.15) is 5.69 Å². The third kappa shape index (κ3) is 2.68. The molecule has 2 aromatic heterocycles. The SMILES string of the molecule is FC(F)(F)c1cccc(-c2nnc(-c3[nH]ncc3Br)o2)c1. The summed E-state index contributed by atoms with van der Waals surface area (Å²) in [5.74, 6) is 0.129. The highest BCUT2D eigenvalue weighted by molar-refractivity contribution is 9.10. The molecule has 1 aromatic carbocycles. The normalized spacial score (nSPS) is 11.8. The van der Waals surface area contributed by atoms with Crippen molar-refractivity contribution in [2.24, 2.45) is 0 Å². The number of aromatic amines is 1. The Morgan fingerprint density at radius 1 is 1.14 bits per heavy atom. The van der Waals surface area contributed by atoms with E-state index in [0.717, 1.165) is 12.1 Å². The summed E-state index contributed by atoms with van der Waals surface area (Å²) in [5.41, 5.74) is -0.123. The van der Waals surface area contributed by atoms with Crippen LogP contribution in [0.5, 0.6) is 0 Å². The van der Waals surface area contributed by atoms with Gasteiger partial charge in [-0.05, 0) is 34.1 Å². The predicted molar refractivity (Wildman–Crippen MR) is 70.0 cm³/mol. The number of benzene rings is 1. The largest absolute Gasteiger partial charge is 0.416 e. The van der Waals surface area contributed by atoms with E-state index in [2.05, 4.69) is 36.3 Å². The molecule has 0 radical (unpaired) electrons. The first-order valence-electron chi connectivity index (χ1n) is 5.65.